The zero-order valence-corrected chi connectivity index (χ0v) is 18.8. The second kappa shape index (κ2) is 10.9. The van der Waals surface area contributed by atoms with Gasteiger partial charge in [-0.2, -0.15) is 0 Å². The summed E-state index contributed by atoms with van der Waals surface area (Å²) >= 11 is 3.16. The van der Waals surface area contributed by atoms with Gasteiger partial charge in [0.25, 0.3) is 0 Å². The van der Waals surface area contributed by atoms with Crippen LogP contribution in [0.3, 0.4) is 0 Å². The Morgan fingerprint density at radius 3 is 2.50 bits per heavy atom. The highest BCUT2D eigenvalue weighted by molar-refractivity contribution is 8.00. The number of nitrogens with zero attached hydrogens (tertiary/aromatic N) is 1. The Bertz CT molecular complexity index is 969. The van der Waals surface area contributed by atoms with Crippen LogP contribution in [0.2, 0.25) is 0 Å². The molecule has 3 rings (SSSR count). The minimum atomic E-state index is -0.0692. The second-order valence-electron chi connectivity index (χ2n) is 6.38. The van der Waals surface area contributed by atoms with Crippen LogP contribution in [0.5, 0.6) is 17.2 Å². The molecule has 0 atom stereocenters. The molecule has 1 N–H and O–H groups in total. The number of nitrogens with one attached hydrogen (secondary N) is 1. The molecule has 1 heterocycles. The van der Waals surface area contributed by atoms with Gasteiger partial charge in [-0.1, -0.05) is 30.0 Å². The van der Waals surface area contributed by atoms with Crippen LogP contribution in [-0.4, -0.2) is 32.2 Å². The van der Waals surface area contributed by atoms with E-state index in [4.69, 9.17) is 14.2 Å². The number of hydrogen-bond donors (Lipinski definition) is 1. The molecule has 1 aromatic heterocycles. The number of amides is 1. The highest BCUT2D eigenvalue weighted by Crippen LogP contribution is 2.30. The van der Waals surface area contributed by atoms with E-state index in [1.807, 2.05) is 47.8 Å². The molecular weight excluding hydrogens is 420 g/mol. The van der Waals surface area contributed by atoms with Gasteiger partial charge in [-0.3, -0.25) is 4.79 Å². The van der Waals surface area contributed by atoms with E-state index in [-0.39, 0.29) is 12.3 Å². The molecule has 3 aromatic rings. The van der Waals surface area contributed by atoms with Gasteiger partial charge in [0.15, 0.2) is 0 Å². The normalized spacial score (nSPS) is 10.5. The van der Waals surface area contributed by atoms with Gasteiger partial charge in [0, 0.05) is 29.3 Å². The fourth-order valence-electron chi connectivity index (χ4n) is 2.80. The van der Waals surface area contributed by atoms with Gasteiger partial charge in [0.2, 0.25) is 5.91 Å². The van der Waals surface area contributed by atoms with E-state index >= 15 is 0 Å². The zero-order valence-electron chi connectivity index (χ0n) is 17.1. The number of para-hydroxylation sites is 1. The third-order valence-electron chi connectivity index (χ3n) is 4.31. The van der Waals surface area contributed by atoms with Crippen molar-refractivity contribution in [1.29, 1.82) is 0 Å². The Morgan fingerprint density at radius 1 is 1.07 bits per heavy atom. The first-order valence-electron chi connectivity index (χ1n) is 9.29. The van der Waals surface area contributed by atoms with Crippen LogP contribution in [0.15, 0.2) is 52.2 Å². The van der Waals surface area contributed by atoms with Crippen molar-refractivity contribution in [1.82, 2.24) is 10.3 Å². The highest BCUT2D eigenvalue weighted by Gasteiger charge is 2.10. The Morgan fingerprint density at radius 2 is 1.80 bits per heavy atom. The number of carbonyl (C=O) groups is 1. The first-order chi connectivity index (χ1) is 14.6. The summed E-state index contributed by atoms with van der Waals surface area (Å²) in [6.45, 7) is 0.423. The van der Waals surface area contributed by atoms with Crippen LogP contribution >= 0.6 is 23.1 Å². The number of thioether (sulfide) groups is 1. The number of aromatic nitrogens is 1. The van der Waals surface area contributed by atoms with Crippen molar-refractivity contribution in [3.05, 3.63) is 64.7 Å². The fourth-order valence-corrected chi connectivity index (χ4v) is 4.58. The lowest BCUT2D eigenvalue weighted by Crippen LogP contribution is -2.24. The molecule has 0 aliphatic heterocycles. The number of benzene rings is 2. The molecular formula is C22H24N2O4S2. The fraction of sp³-hybridized carbons (Fsp3) is 0.273. The predicted octanol–water partition coefficient (Wildman–Crippen LogP) is 4.32. The largest absolute Gasteiger partial charge is 0.497 e. The molecule has 30 heavy (non-hydrogen) atoms. The molecule has 0 unspecified atom stereocenters. The summed E-state index contributed by atoms with van der Waals surface area (Å²) in [5.74, 6) is 2.95. The minimum Gasteiger partial charge on any atom is -0.497 e. The lowest BCUT2D eigenvalue weighted by atomic mass is 10.2. The molecule has 0 fully saturated rings. The van der Waals surface area contributed by atoms with Crippen molar-refractivity contribution in [2.24, 2.45) is 0 Å². The Kier molecular flexibility index (Phi) is 7.98. The Hall–Kier alpha value is -2.71. The number of methoxy groups -OCH3 is 3. The molecule has 0 spiro atoms. The van der Waals surface area contributed by atoms with Crippen LogP contribution in [-0.2, 0) is 23.5 Å². The molecule has 0 radical (unpaired) electrons. The standard InChI is InChI=1S/C22H24N2O4S2/c1-26-18-8-15(9-19(11-18)27-2)13-29-22-24-17(14-30-22)10-21(25)23-12-16-6-4-5-7-20(16)28-3/h4-9,11,14H,10,12-13H2,1-3H3,(H,23,25). The van der Waals surface area contributed by atoms with Crippen molar-refractivity contribution in [3.8, 4) is 17.2 Å². The molecule has 6 nitrogen and oxygen atoms in total. The number of thiazole rings is 1. The summed E-state index contributed by atoms with van der Waals surface area (Å²) in [7, 11) is 4.90. The van der Waals surface area contributed by atoms with Crippen LogP contribution in [0.1, 0.15) is 16.8 Å². The molecule has 1 amide bonds. The number of rotatable bonds is 10. The number of ether oxygens (including phenoxy) is 3. The summed E-state index contributed by atoms with van der Waals surface area (Å²) < 4.78 is 16.9. The van der Waals surface area contributed by atoms with E-state index in [9.17, 15) is 4.79 Å². The van der Waals surface area contributed by atoms with Gasteiger partial charge in [-0.25, -0.2) is 4.98 Å². The van der Waals surface area contributed by atoms with Crippen molar-refractivity contribution in [2.75, 3.05) is 21.3 Å². The summed E-state index contributed by atoms with van der Waals surface area (Å²) in [6, 6.07) is 13.4. The Balaban J connectivity index is 1.52. The molecule has 0 saturated carbocycles. The maximum Gasteiger partial charge on any atom is 0.226 e. The van der Waals surface area contributed by atoms with Crippen LogP contribution in [0.25, 0.3) is 0 Å². The van der Waals surface area contributed by atoms with Gasteiger partial charge < -0.3 is 19.5 Å². The lowest BCUT2D eigenvalue weighted by molar-refractivity contribution is -0.120. The molecule has 0 bridgehead atoms. The van der Waals surface area contributed by atoms with Crippen molar-refractivity contribution < 1.29 is 19.0 Å². The summed E-state index contributed by atoms with van der Waals surface area (Å²) in [4.78, 5) is 16.9. The monoisotopic (exact) mass is 444 g/mol. The molecule has 0 aliphatic carbocycles. The van der Waals surface area contributed by atoms with Gasteiger partial charge in [-0.15, -0.1) is 11.3 Å². The van der Waals surface area contributed by atoms with E-state index in [1.54, 1.807) is 44.4 Å². The van der Waals surface area contributed by atoms with E-state index in [0.29, 0.717) is 6.54 Å². The number of carbonyl (C=O) groups excluding carboxylic acids is 1. The van der Waals surface area contributed by atoms with Crippen LogP contribution < -0.4 is 19.5 Å². The average Bonchev–Trinajstić information content (AvgIpc) is 3.23. The summed E-state index contributed by atoms with van der Waals surface area (Å²) in [6.07, 6.45) is 0.249. The molecule has 2 aromatic carbocycles. The molecule has 158 valence electrons. The van der Waals surface area contributed by atoms with Crippen molar-refractivity contribution in [2.45, 2.75) is 23.1 Å². The lowest BCUT2D eigenvalue weighted by Gasteiger charge is -2.09. The maximum atomic E-state index is 12.3. The second-order valence-corrected chi connectivity index (χ2v) is 8.46. The molecule has 0 saturated heterocycles. The van der Waals surface area contributed by atoms with Crippen LogP contribution in [0.4, 0.5) is 0 Å². The zero-order chi connectivity index (χ0) is 21.3. The van der Waals surface area contributed by atoms with E-state index in [1.165, 1.54) is 0 Å². The quantitative estimate of drug-likeness (QED) is 0.470. The third-order valence-corrected chi connectivity index (χ3v) is 6.46. The summed E-state index contributed by atoms with van der Waals surface area (Å²) in [5, 5.41) is 4.85. The first kappa shape index (κ1) is 22.0. The smallest absolute Gasteiger partial charge is 0.226 e. The van der Waals surface area contributed by atoms with Gasteiger partial charge in [-0.05, 0) is 23.8 Å². The topological polar surface area (TPSA) is 69.7 Å². The SMILES string of the molecule is COc1cc(CSc2nc(CC(=O)NCc3ccccc3OC)cs2)cc(OC)c1. The van der Waals surface area contributed by atoms with E-state index < -0.39 is 0 Å². The van der Waals surface area contributed by atoms with E-state index in [2.05, 4.69) is 10.3 Å². The first-order valence-corrected chi connectivity index (χ1v) is 11.2. The van der Waals surface area contributed by atoms with Gasteiger partial charge in [0.05, 0.1) is 33.4 Å². The maximum absolute atomic E-state index is 12.3. The highest BCUT2D eigenvalue weighted by atomic mass is 32.2. The van der Waals surface area contributed by atoms with Gasteiger partial charge >= 0.3 is 0 Å². The molecule has 0 aliphatic rings. The molecule has 8 heteroatoms. The van der Waals surface area contributed by atoms with Gasteiger partial charge in [0.1, 0.15) is 21.6 Å². The van der Waals surface area contributed by atoms with E-state index in [0.717, 1.165) is 44.2 Å². The number of hydrogen-bond acceptors (Lipinski definition) is 7. The summed E-state index contributed by atoms with van der Waals surface area (Å²) in [5.41, 5.74) is 2.79. The minimum absolute atomic E-state index is 0.0692. The predicted molar refractivity (Wildman–Crippen MR) is 120 cm³/mol. The van der Waals surface area contributed by atoms with Crippen molar-refractivity contribution in [3.63, 3.8) is 0 Å². The van der Waals surface area contributed by atoms with Crippen molar-refractivity contribution >= 4 is 29.0 Å². The Labute approximate surface area is 184 Å². The van der Waals surface area contributed by atoms with Crippen LogP contribution in [0, 0.1) is 0 Å². The third kappa shape index (κ3) is 6.14. The average molecular weight is 445 g/mol.